The summed E-state index contributed by atoms with van der Waals surface area (Å²) in [4.78, 5) is 23.5. The standard InChI is InChI=1S/C18H18ClN3O4/c19-13-2-1-3-14(8-13)21-18(24)16-7-11-4-5-15(6-12(11)9-20-16)26-10-17(23)22-25/h1-6,8,16,20,25H,7,9-10H2,(H,21,24)(H,22,23)/t16-/m0/s1. The number of halogens is 1. The molecule has 1 aliphatic rings. The zero-order valence-corrected chi connectivity index (χ0v) is 14.5. The SMILES string of the molecule is O=C(COc1ccc2c(c1)CN[C@H](C(=O)Nc1cccc(Cl)c1)C2)NO. The molecule has 2 amide bonds. The van der Waals surface area contributed by atoms with Crippen LogP contribution in [-0.4, -0.2) is 29.7 Å². The molecule has 0 saturated heterocycles. The number of rotatable bonds is 5. The van der Waals surface area contributed by atoms with Crippen molar-refractivity contribution in [1.29, 1.82) is 0 Å². The van der Waals surface area contributed by atoms with Crippen LogP contribution in [0.4, 0.5) is 5.69 Å². The smallest absolute Gasteiger partial charge is 0.281 e. The number of benzene rings is 2. The molecule has 1 heterocycles. The minimum absolute atomic E-state index is 0.127. The Hall–Kier alpha value is -2.61. The van der Waals surface area contributed by atoms with Gasteiger partial charge in [0.15, 0.2) is 6.61 Å². The average Bonchev–Trinajstić information content (AvgIpc) is 2.65. The highest BCUT2D eigenvalue weighted by molar-refractivity contribution is 6.30. The Morgan fingerprint density at radius 1 is 1.23 bits per heavy atom. The summed E-state index contributed by atoms with van der Waals surface area (Å²) in [5.41, 5.74) is 4.20. The van der Waals surface area contributed by atoms with E-state index in [9.17, 15) is 9.59 Å². The Bertz CT molecular complexity index is 828. The Kier molecular flexibility index (Phi) is 5.72. The van der Waals surface area contributed by atoms with Gasteiger partial charge in [-0.2, -0.15) is 0 Å². The average molecular weight is 376 g/mol. The van der Waals surface area contributed by atoms with E-state index >= 15 is 0 Å². The van der Waals surface area contributed by atoms with Crippen LogP contribution >= 0.6 is 11.6 Å². The fourth-order valence-corrected chi connectivity index (χ4v) is 2.93. The molecule has 0 fully saturated rings. The van der Waals surface area contributed by atoms with Crippen molar-refractivity contribution < 1.29 is 19.5 Å². The number of anilines is 1. The lowest BCUT2D eigenvalue weighted by Gasteiger charge is -2.26. The van der Waals surface area contributed by atoms with E-state index in [-0.39, 0.29) is 18.6 Å². The molecule has 0 radical (unpaired) electrons. The van der Waals surface area contributed by atoms with E-state index < -0.39 is 5.91 Å². The Labute approximate surface area is 155 Å². The molecule has 0 unspecified atom stereocenters. The van der Waals surface area contributed by atoms with E-state index in [1.807, 2.05) is 12.1 Å². The summed E-state index contributed by atoms with van der Waals surface area (Å²) in [5, 5.41) is 15.1. The number of carbonyl (C=O) groups excluding carboxylic acids is 2. The first-order valence-electron chi connectivity index (χ1n) is 8.02. The van der Waals surface area contributed by atoms with Crippen LogP contribution in [0, 0.1) is 0 Å². The van der Waals surface area contributed by atoms with Gasteiger partial charge in [0, 0.05) is 17.3 Å². The van der Waals surface area contributed by atoms with E-state index in [0.29, 0.717) is 29.4 Å². The maximum absolute atomic E-state index is 12.5. The van der Waals surface area contributed by atoms with E-state index in [1.54, 1.807) is 30.3 Å². The van der Waals surface area contributed by atoms with Crippen molar-refractivity contribution in [2.75, 3.05) is 11.9 Å². The van der Waals surface area contributed by atoms with Gasteiger partial charge >= 0.3 is 0 Å². The normalized spacial score (nSPS) is 15.7. The van der Waals surface area contributed by atoms with Crippen molar-refractivity contribution in [3.63, 3.8) is 0 Å². The molecule has 0 aromatic heterocycles. The molecule has 8 heteroatoms. The Morgan fingerprint density at radius 3 is 2.85 bits per heavy atom. The van der Waals surface area contributed by atoms with Gasteiger partial charge in [-0.05, 0) is 47.9 Å². The molecule has 1 aliphatic heterocycles. The zero-order chi connectivity index (χ0) is 18.5. The lowest BCUT2D eigenvalue weighted by Crippen LogP contribution is -2.44. The van der Waals surface area contributed by atoms with Gasteiger partial charge in [0.1, 0.15) is 5.75 Å². The molecular weight excluding hydrogens is 358 g/mol. The fraction of sp³-hybridized carbons (Fsp3) is 0.222. The van der Waals surface area contributed by atoms with Gasteiger partial charge in [0.05, 0.1) is 6.04 Å². The first-order chi connectivity index (χ1) is 12.5. The van der Waals surface area contributed by atoms with Gasteiger partial charge in [0.2, 0.25) is 5.91 Å². The van der Waals surface area contributed by atoms with Crippen LogP contribution in [0.25, 0.3) is 0 Å². The minimum atomic E-state index is -0.626. The summed E-state index contributed by atoms with van der Waals surface area (Å²) >= 11 is 5.93. The van der Waals surface area contributed by atoms with Crippen LogP contribution in [0.3, 0.4) is 0 Å². The predicted octanol–water partition coefficient (Wildman–Crippen LogP) is 1.88. The maximum atomic E-state index is 12.5. The second-order valence-corrected chi connectivity index (χ2v) is 6.33. The molecule has 0 bridgehead atoms. The molecule has 0 spiro atoms. The predicted molar refractivity (Wildman–Crippen MR) is 96.3 cm³/mol. The number of hydrogen-bond acceptors (Lipinski definition) is 5. The van der Waals surface area contributed by atoms with Crippen molar-refractivity contribution in [3.8, 4) is 5.75 Å². The van der Waals surface area contributed by atoms with Gasteiger partial charge in [-0.1, -0.05) is 23.7 Å². The summed E-state index contributed by atoms with van der Waals surface area (Å²) in [6, 6.07) is 12.1. The van der Waals surface area contributed by atoms with Crippen molar-refractivity contribution in [2.24, 2.45) is 0 Å². The second kappa shape index (κ2) is 8.18. The number of carbonyl (C=O) groups is 2. The first kappa shape index (κ1) is 18.2. The third kappa shape index (κ3) is 4.51. The van der Waals surface area contributed by atoms with Crippen LogP contribution in [0.1, 0.15) is 11.1 Å². The van der Waals surface area contributed by atoms with Gasteiger partial charge in [-0.15, -0.1) is 0 Å². The molecule has 7 nitrogen and oxygen atoms in total. The van der Waals surface area contributed by atoms with Gasteiger partial charge in [-0.25, -0.2) is 5.48 Å². The Morgan fingerprint density at radius 2 is 2.08 bits per heavy atom. The number of ether oxygens (including phenoxy) is 1. The summed E-state index contributed by atoms with van der Waals surface area (Å²) in [7, 11) is 0. The highest BCUT2D eigenvalue weighted by Gasteiger charge is 2.24. The van der Waals surface area contributed by atoms with Crippen LogP contribution in [0.5, 0.6) is 5.75 Å². The molecule has 0 aliphatic carbocycles. The number of fused-ring (bicyclic) bond motifs is 1. The molecule has 136 valence electrons. The van der Waals surface area contributed by atoms with E-state index in [4.69, 9.17) is 21.5 Å². The number of amides is 2. The van der Waals surface area contributed by atoms with Crippen molar-refractivity contribution in [1.82, 2.24) is 10.8 Å². The molecule has 2 aromatic carbocycles. The summed E-state index contributed by atoms with van der Waals surface area (Å²) in [6.45, 7) is 0.236. The van der Waals surface area contributed by atoms with Crippen LogP contribution in [-0.2, 0) is 22.6 Å². The lowest BCUT2D eigenvalue weighted by molar-refractivity contribution is -0.131. The number of nitrogens with one attached hydrogen (secondary N) is 3. The number of hydroxylamine groups is 1. The maximum Gasteiger partial charge on any atom is 0.281 e. The lowest BCUT2D eigenvalue weighted by atomic mass is 9.95. The monoisotopic (exact) mass is 375 g/mol. The zero-order valence-electron chi connectivity index (χ0n) is 13.8. The van der Waals surface area contributed by atoms with Gasteiger partial charge < -0.3 is 15.4 Å². The molecule has 4 N–H and O–H groups in total. The second-order valence-electron chi connectivity index (χ2n) is 5.89. The highest BCUT2D eigenvalue weighted by atomic mass is 35.5. The van der Waals surface area contributed by atoms with Crippen molar-refractivity contribution >= 4 is 29.1 Å². The first-order valence-corrected chi connectivity index (χ1v) is 8.40. The largest absolute Gasteiger partial charge is 0.484 e. The molecular formula is C18H18ClN3O4. The van der Waals surface area contributed by atoms with Crippen molar-refractivity contribution in [3.05, 3.63) is 58.6 Å². The summed E-state index contributed by atoms with van der Waals surface area (Å²) < 4.78 is 5.30. The van der Waals surface area contributed by atoms with Gasteiger partial charge in [-0.3, -0.25) is 14.8 Å². The van der Waals surface area contributed by atoms with E-state index in [1.165, 1.54) is 5.48 Å². The number of hydrogen-bond donors (Lipinski definition) is 4. The van der Waals surface area contributed by atoms with Crippen LogP contribution in [0.15, 0.2) is 42.5 Å². The van der Waals surface area contributed by atoms with Crippen LogP contribution in [0.2, 0.25) is 5.02 Å². The summed E-state index contributed by atoms with van der Waals surface area (Å²) in [6.07, 6.45) is 0.541. The van der Waals surface area contributed by atoms with Crippen LogP contribution < -0.4 is 20.9 Å². The fourth-order valence-electron chi connectivity index (χ4n) is 2.74. The minimum Gasteiger partial charge on any atom is -0.484 e. The molecule has 26 heavy (non-hydrogen) atoms. The van der Waals surface area contributed by atoms with E-state index in [2.05, 4.69) is 10.6 Å². The quantitative estimate of drug-likeness (QED) is 0.472. The Balaban J connectivity index is 1.62. The summed E-state index contributed by atoms with van der Waals surface area (Å²) in [5.74, 6) is -0.229. The molecule has 3 rings (SSSR count). The molecule has 2 aromatic rings. The molecule has 1 atom stereocenters. The highest BCUT2D eigenvalue weighted by Crippen LogP contribution is 2.23. The van der Waals surface area contributed by atoms with Crippen molar-refractivity contribution in [2.45, 2.75) is 19.0 Å². The van der Waals surface area contributed by atoms with Gasteiger partial charge in [0.25, 0.3) is 5.91 Å². The van der Waals surface area contributed by atoms with E-state index in [0.717, 1.165) is 11.1 Å². The third-order valence-electron chi connectivity index (χ3n) is 4.04. The molecule has 0 saturated carbocycles. The topological polar surface area (TPSA) is 99.7 Å². The third-order valence-corrected chi connectivity index (χ3v) is 4.28.